The van der Waals surface area contributed by atoms with E-state index in [4.69, 9.17) is 25.8 Å². The van der Waals surface area contributed by atoms with Crippen LogP contribution in [0.15, 0.2) is 42.5 Å². The van der Waals surface area contributed by atoms with E-state index in [1.54, 1.807) is 7.11 Å². The van der Waals surface area contributed by atoms with Gasteiger partial charge in [0.1, 0.15) is 5.69 Å². The molecular weight excluding hydrogens is 442 g/mol. The first-order valence-corrected chi connectivity index (χ1v) is 11.5. The van der Waals surface area contributed by atoms with Gasteiger partial charge in [0.2, 0.25) is 0 Å². The zero-order chi connectivity index (χ0) is 23.4. The summed E-state index contributed by atoms with van der Waals surface area (Å²) in [5, 5.41) is 8.13. The van der Waals surface area contributed by atoms with E-state index in [1.165, 1.54) is 0 Å². The topological polar surface area (TPSA) is 76.7 Å². The second-order valence-electron chi connectivity index (χ2n) is 7.69. The Bertz CT molecular complexity index is 1110. The maximum atomic E-state index is 13.4. The van der Waals surface area contributed by atoms with Crippen LogP contribution in [0.2, 0.25) is 5.02 Å². The maximum absolute atomic E-state index is 13.4. The number of aromatic amines is 1. The van der Waals surface area contributed by atoms with Crippen molar-refractivity contribution in [2.24, 2.45) is 0 Å². The molecule has 0 radical (unpaired) electrons. The summed E-state index contributed by atoms with van der Waals surface area (Å²) in [4.78, 5) is 15.3. The number of rotatable bonds is 10. The Labute approximate surface area is 198 Å². The van der Waals surface area contributed by atoms with Crippen LogP contribution in [0.5, 0.6) is 11.5 Å². The molecule has 1 aliphatic heterocycles. The Morgan fingerprint density at radius 2 is 1.79 bits per heavy atom. The van der Waals surface area contributed by atoms with E-state index >= 15 is 0 Å². The number of hydrogen-bond acceptors (Lipinski definition) is 5. The summed E-state index contributed by atoms with van der Waals surface area (Å²) < 4.78 is 16.8. The molecule has 0 saturated carbocycles. The van der Waals surface area contributed by atoms with Crippen molar-refractivity contribution in [1.29, 1.82) is 0 Å². The van der Waals surface area contributed by atoms with Crippen molar-refractivity contribution in [1.82, 2.24) is 15.1 Å². The molecule has 174 valence electrons. The number of carbonyl (C=O) groups is 1. The molecule has 4 rings (SSSR count). The number of fused-ring (bicyclic) bond motifs is 1. The quantitative estimate of drug-likeness (QED) is 0.417. The van der Waals surface area contributed by atoms with Crippen LogP contribution in [0.25, 0.3) is 11.3 Å². The van der Waals surface area contributed by atoms with Gasteiger partial charge in [0.05, 0.1) is 24.9 Å². The van der Waals surface area contributed by atoms with Crippen LogP contribution in [0, 0.1) is 0 Å². The van der Waals surface area contributed by atoms with Crippen molar-refractivity contribution in [3.8, 4) is 22.8 Å². The highest BCUT2D eigenvalue weighted by atomic mass is 35.5. The van der Waals surface area contributed by atoms with E-state index in [9.17, 15) is 4.79 Å². The predicted octanol–water partition coefficient (Wildman–Crippen LogP) is 5.11. The average Bonchev–Trinajstić information content (AvgIpc) is 3.35. The van der Waals surface area contributed by atoms with Crippen LogP contribution in [0.3, 0.4) is 0 Å². The van der Waals surface area contributed by atoms with Gasteiger partial charge < -0.3 is 19.1 Å². The van der Waals surface area contributed by atoms with Gasteiger partial charge in [0.25, 0.3) is 5.91 Å². The van der Waals surface area contributed by atoms with Crippen molar-refractivity contribution in [2.75, 3.05) is 33.5 Å². The minimum Gasteiger partial charge on any atom is -0.490 e. The molecular formula is C25H28ClN3O4. The first kappa shape index (κ1) is 23.1. The number of amides is 1. The summed E-state index contributed by atoms with van der Waals surface area (Å²) in [6.45, 7) is 6.05. The van der Waals surface area contributed by atoms with Gasteiger partial charge in [0, 0.05) is 36.4 Å². The third-order valence-corrected chi connectivity index (χ3v) is 5.86. The van der Waals surface area contributed by atoms with E-state index in [1.807, 2.05) is 61.2 Å². The van der Waals surface area contributed by atoms with Crippen LogP contribution in [-0.4, -0.2) is 54.5 Å². The third-order valence-electron chi connectivity index (χ3n) is 5.61. The molecule has 3 aromatic rings. The zero-order valence-electron chi connectivity index (χ0n) is 19.1. The van der Waals surface area contributed by atoms with Gasteiger partial charge in [-0.3, -0.25) is 9.89 Å². The summed E-state index contributed by atoms with van der Waals surface area (Å²) in [5.74, 6) is 1.26. The molecule has 1 N–H and O–H groups in total. The van der Waals surface area contributed by atoms with Crippen LogP contribution in [0.4, 0.5) is 0 Å². The highest BCUT2D eigenvalue weighted by molar-refractivity contribution is 6.30. The van der Waals surface area contributed by atoms with Gasteiger partial charge in [0.15, 0.2) is 11.5 Å². The van der Waals surface area contributed by atoms with Crippen LogP contribution >= 0.6 is 11.6 Å². The molecule has 2 aromatic carbocycles. The number of hydrogen-bond donors (Lipinski definition) is 1. The van der Waals surface area contributed by atoms with Gasteiger partial charge in [-0.1, -0.05) is 29.8 Å². The number of carbonyl (C=O) groups excluding carboxylic acids is 1. The van der Waals surface area contributed by atoms with Crippen molar-refractivity contribution in [2.45, 2.75) is 26.3 Å². The maximum Gasteiger partial charge on any atom is 0.273 e. The summed E-state index contributed by atoms with van der Waals surface area (Å²) in [6, 6.07) is 13.0. The molecule has 1 aliphatic rings. The number of ether oxygens (including phenoxy) is 3. The summed E-state index contributed by atoms with van der Waals surface area (Å²) >= 11 is 6.09. The largest absolute Gasteiger partial charge is 0.490 e. The highest BCUT2D eigenvalue weighted by Crippen LogP contribution is 2.44. The zero-order valence-corrected chi connectivity index (χ0v) is 19.8. The Hall–Kier alpha value is -3.03. The lowest BCUT2D eigenvalue weighted by Gasteiger charge is -2.27. The lowest BCUT2D eigenvalue weighted by Crippen LogP contribution is -2.31. The van der Waals surface area contributed by atoms with E-state index in [0.717, 1.165) is 28.8 Å². The Kier molecular flexibility index (Phi) is 7.20. The molecule has 7 nitrogen and oxygen atoms in total. The SMILES string of the molecule is CCOc1ccc(C2c3c(-c4ccc(Cl)cc4)n[nH]c3C(=O)N2CCCOC)cc1OCC. The van der Waals surface area contributed by atoms with Crippen LogP contribution in [-0.2, 0) is 4.74 Å². The molecule has 0 saturated heterocycles. The minimum absolute atomic E-state index is 0.0781. The molecule has 33 heavy (non-hydrogen) atoms. The number of H-pyrrole nitrogens is 1. The molecule has 0 spiro atoms. The molecule has 0 fully saturated rings. The molecule has 1 aromatic heterocycles. The minimum atomic E-state index is -0.316. The molecule has 1 amide bonds. The summed E-state index contributed by atoms with van der Waals surface area (Å²) in [6.07, 6.45) is 0.724. The molecule has 0 aliphatic carbocycles. The smallest absolute Gasteiger partial charge is 0.273 e. The van der Waals surface area contributed by atoms with Crippen molar-refractivity contribution in [3.05, 3.63) is 64.3 Å². The fourth-order valence-corrected chi connectivity index (χ4v) is 4.34. The molecule has 2 heterocycles. The second-order valence-corrected chi connectivity index (χ2v) is 8.12. The monoisotopic (exact) mass is 469 g/mol. The Morgan fingerprint density at radius 3 is 2.48 bits per heavy atom. The normalized spacial score (nSPS) is 15.1. The number of halogens is 1. The van der Waals surface area contributed by atoms with Crippen molar-refractivity contribution < 1.29 is 19.0 Å². The Balaban J connectivity index is 1.82. The van der Waals surface area contributed by atoms with Gasteiger partial charge in [-0.15, -0.1) is 0 Å². The second kappa shape index (κ2) is 10.3. The van der Waals surface area contributed by atoms with Gasteiger partial charge in [-0.25, -0.2) is 0 Å². The third kappa shape index (κ3) is 4.56. The molecule has 0 bridgehead atoms. The number of benzene rings is 2. The fraction of sp³-hybridized carbons (Fsp3) is 0.360. The highest BCUT2D eigenvalue weighted by Gasteiger charge is 2.42. The van der Waals surface area contributed by atoms with Crippen molar-refractivity contribution >= 4 is 17.5 Å². The van der Waals surface area contributed by atoms with Crippen LogP contribution in [0.1, 0.15) is 47.9 Å². The lowest BCUT2D eigenvalue weighted by molar-refractivity contribution is 0.0723. The first-order chi connectivity index (χ1) is 16.1. The van der Waals surface area contributed by atoms with Crippen LogP contribution < -0.4 is 9.47 Å². The van der Waals surface area contributed by atoms with E-state index in [-0.39, 0.29) is 11.9 Å². The van der Waals surface area contributed by atoms with E-state index in [0.29, 0.717) is 48.6 Å². The van der Waals surface area contributed by atoms with Gasteiger partial charge in [-0.05, 0) is 50.1 Å². The number of nitrogens with zero attached hydrogens (tertiary/aromatic N) is 2. The number of methoxy groups -OCH3 is 1. The fourth-order valence-electron chi connectivity index (χ4n) is 4.22. The van der Waals surface area contributed by atoms with E-state index < -0.39 is 0 Å². The number of aromatic nitrogens is 2. The lowest BCUT2D eigenvalue weighted by atomic mass is 9.95. The Morgan fingerprint density at radius 1 is 1.06 bits per heavy atom. The standard InChI is InChI=1S/C25H28ClN3O4/c1-4-32-19-12-9-17(15-20(19)33-5-2)24-21-22(16-7-10-18(26)11-8-16)27-28-23(21)25(30)29(24)13-6-14-31-3/h7-12,15,24H,4-6,13-14H2,1-3H3,(H,27,28). The average molecular weight is 470 g/mol. The molecule has 1 unspecified atom stereocenters. The van der Waals surface area contributed by atoms with Gasteiger partial charge >= 0.3 is 0 Å². The predicted molar refractivity (Wildman–Crippen MR) is 127 cm³/mol. The number of nitrogens with one attached hydrogen (secondary N) is 1. The van der Waals surface area contributed by atoms with Gasteiger partial charge in [-0.2, -0.15) is 5.10 Å². The molecule has 1 atom stereocenters. The van der Waals surface area contributed by atoms with Crippen molar-refractivity contribution in [3.63, 3.8) is 0 Å². The molecule has 8 heteroatoms. The van der Waals surface area contributed by atoms with E-state index in [2.05, 4.69) is 10.2 Å². The summed E-state index contributed by atoms with van der Waals surface area (Å²) in [7, 11) is 1.66. The first-order valence-electron chi connectivity index (χ1n) is 11.1. The summed E-state index contributed by atoms with van der Waals surface area (Å²) in [5.41, 5.74) is 3.93.